The van der Waals surface area contributed by atoms with E-state index in [1.54, 1.807) is 7.11 Å². The predicted octanol–water partition coefficient (Wildman–Crippen LogP) is 1.91. The van der Waals surface area contributed by atoms with Crippen LogP contribution in [0.1, 0.15) is 5.56 Å². The van der Waals surface area contributed by atoms with Gasteiger partial charge >= 0.3 is 0 Å². The molecule has 1 rings (SSSR count). The molecule has 1 aromatic rings. The Morgan fingerprint density at radius 1 is 1.47 bits per heavy atom. The van der Waals surface area contributed by atoms with Crippen LogP contribution in [-0.2, 0) is 6.42 Å². The fourth-order valence-electron chi connectivity index (χ4n) is 1.23. The molecular formula is C10H13N3O2. The summed E-state index contributed by atoms with van der Waals surface area (Å²) >= 11 is 0. The molecule has 0 heterocycles. The standard InChI is InChI=1S/C10H13N3O2/c1-15-10-4-2-8(3-5-10)6-9(14)7-12-13-11/h2-5,9,14H,6-7H2,1H3. The van der Waals surface area contributed by atoms with E-state index in [9.17, 15) is 5.11 Å². The lowest BCUT2D eigenvalue weighted by atomic mass is 10.1. The normalized spacial score (nSPS) is 11.6. The maximum absolute atomic E-state index is 9.46. The monoisotopic (exact) mass is 207 g/mol. The van der Waals surface area contributed by atoms with Gasteiger partial charge in [0.05, 0.1) is 19.8 Å². The van der Waals surface area contributed by atoms with Crippen molar-refractivity contribution in [3.8, 4) is 5.75 Å². The summed E-state index contributed by atoms with van der Waals surface area (Å²) in [5, 5.41) is 12.8. The van der Waals surface area contributed by atoms with Gasteiger partial charge in [-0.25, -0.2) is 0 Å². The van der Waals surface area contributed by atoms with Crippen molar-refractivity contribution in [2.24, 2.45) is 5.11 Å². The molecule has 0 aliphatic rings. The molecule has 0 aromatic heterocycles. The van der Waals surface area contributed by atoms with Gasteiger partial charge in [-0.1, -0.05) is 17.2 Å². The van der Waals surface area contributed by atoms with E-state index in [1.165, 1.54) is 0 Å². The molecule has 1 atom stereocenters. The Morgan fingerprint density at radius 3 is 2.67 bits per heavy atom. The first-order valence-corrected chi connectivity index (χ1v) is 4.58. The number of hydrogen-bond donors (Lipinski definition) is 1. The van der Waals surface area contributed by atoms with Gasteiger partial charge in [0.15, 0.2) is 0 Å². The summed E-state index contributed by atoms with van der Waals surface area (Å²) < 4.78 is 5.01. The molecule has 0 fully saturated rings. The largest absolute Gasteiger partial charge is 0.497 e. The molecule has 1 unspecified atom stereocenters. The lowest BCUT2D eigenvalue weighted by Crippen LogP contribution is -2.13. The van der Waals surface area contributed by atoms with Crippen molar-refractivity contribution in [2.75, 3.05) is 13.7 Å². The zero-order valence-electron chi connectivity index (χ0n) is 8.50. The Bertz CT molecular complexity index is 344. The van der Waals surface area contributed by atoms with Gasteiger partial charge in [0.2, 0.25) is 0 Å². The van der Waals surface area contributed by atoms with Gasteiger partial charge in [0, 0.05) is 4.91 Å². The molecule has 0 radical (unpaired) electrons. The van der Waals surface area contributed by atoms with Crippen molar-refractivity contribution in [2.45, 2.75) is 12.5 Å². The molecule has 1 aromatic carbocycles. The average Bonchev–Trinajstić information content (AvgIpc) is 2.27. The molecule has 0 spiro atoms. The second-order valence-electron chi connectivity index (χ2n) is 3.12. The first kappa shape index (κ1) is 11.4. The number of methoxy groups -OCH3 is 1. The maximum Gasteiger partial charge on any atom is 0.118 e. The number of hydrogen-bond acceptors (Lipinski definition) is 3. The number of benzene rings is 1. The third-order valence-electron chi connectivity index (χ3n) is 1.99. The second-order valence-corrected chi connectivity index (χ2v) is 3.12. The number of ether oxygens (including phenoxy) is 1. The van der Waals surface area contributed by atoms with Gasteiger partial charge in [0.1, 0.15) is 5.75 Å². The van der Waals surface area contributed by atoms with Gasteiger partial charge in [0.25, 0.3) is 0 Å². The van der Waals surface area contributed by atoms with Gasteiger partial charge in [-0.2, -0.15) is 0 Å². The van der Waals surface area contributed by atoms with Gasteiger partial charge in [-0.15, -0.1) is 0 Å². The Morgan fingerprint density at radius 2 is 2.13 bits per heavy atom. The van der Waals surface area contributed by atoms with Crippen molar-refractivity contribution in [1.82, 2.24) is 0 Å². The first-order chi connectivity index (χ1) is 7.26. The molecule has 0 saturated carbocycles. The van der Waals surface area contributed by atoms with Crippen LogP contribution < -0.4 is 4.74 Å². The zero-order valence-corrected chi connectivity index (χ0v) is 8.50. The quantitative estimate of drug-likeness (QED) is 0.454. The summed E-state index contributed by atoms with van der Waals surface area (Å²) in [4.78, 5) is 2.59. The molecule has 0 saturated heterocycles. The summed E-state index contributed by atoms with van der Waals surface area (Å²) in [5.41, 5.74) is 9.06. The van der Waals surface area contributed by atoms with Crippen molar-refractivity contribution in [1.29, 1.82) is 0 Å². The van der Waals surface area contributed by atoms with Crippen LogP contribution in [0.2, 0.25) is 0 Å². The van der Waals surface area contributed by atoms with E-state index < -0.39 is 6.10 Å². The summed E-state index contributed by atoms with van der Waals surface area (Å²) in [5.74, 6) is 0.781. The van der Waals surface area contributed by atoms with Crippen LogP contribution in [-0.4, -0.2) is 24.9 Å². The van der Waals surface area contributed by atoms with E-state index in [1.807, 2.05) is 24.3 Å². The topological polar surface area (TPSA) is 78.2 Å². The molecule has 0 amide bonds. The molecule has 1 N–H and O–H groups in total. The number of aliphatic hydroxyl groups excluding tert-OH is 1. The van der Waals surface area contributed by atoms with Crippen molar-refractivity contribution in [3.05, 3.63) is 40.3 Å². The highest BCUT2D eigenvalue weighted by atomic mass is 16.5. The zero-order chi connectivity index (χ0) is 11.1. The van der Waals surface area contributed by atoms with Gasteiger partial charge < -0.3 is 9.84 Å². The van der Waals surface area contributed by atoms with E-state index in [-0.39, 0.29) is 6.54 Å². The fraction of sp³-hybridized carbons (Fsp3) is 0.400. The van der Waals surface area contributed by atoms with Crippen molar-refractivity contribution < 1.29 is 9.84 Å². The van der Waals surface area contributed by atoms with E-state index in [0.29, 0.717) is 6.42 Å². The molecule has 15 heavy (non-hydrogen) atoms. The third kappa shape index (κ3) is 3.89. The molecule has 0 aliphatic carbocycles. The van der Waals surface area contributed by atoms with Gasteiger partial charge in [-0.05, 0) is 29.6 Å². The second kappa shape index (κ2) is 5.90. The van der Waals surface area contributed by atoms with E-state index in [0.717, 1.165) is 11.3 Å². The first-order valence-electron chi connectivity index (χ1n) is 4.58. The number of azide groups is 1. The Labute approximate surface area is 87.9 Å². The van der Waals surface area contributed by atoms with Crippen molar-refractivity contribution >= 4 is 0 Å². The average molecular weight is 207 g/mol. The minimum atomic E-state index is -0.630. The van der Waals surface area contributed by atoms with E-state index in [2.05, 4.69) is 10.0 Å². The Kier molecular flexibility index (Phi) is 4.47. The molecule has 0 aliphatic heterocycles. The number of rotatable bonds is 5. The highest BCUT2D eigenvalue weighted by Crippen LogP contribution is 2.12. The minimum absolute atomic E-state index is 0.0997. The van der Waals surface area contributed by atoms with Crippen LogP contribution >= 0.6 is 0 Å². The predicted molar refractivity (Wildman–Crippen MR) is 56.7 cm³/mol. The molecule has 5 nitrogen and oxygen atoms in total. The van der Waals surface area contributed by atoms with Crippen LogP contribution in [0.4, 0.5) is 0 Å². The summed E-state index contributed by atoms with van der Waals surface area (Å²) in [6.45, 7) is 0.0997. The lowest BCUT2D eigenvalue weighted by Gasteiger charge is -2.07. The number of nitrogens with zero attached hydrogens (tertiary/aromatic N) is 3. The SMILES string of the molecule is COc1ccc(CC(O)CN=[N+]=[N-])cc1. The lowest BCUT2D eigenvalue weighted by molar-refractivity contribution is 0.183. The van der Waals surface area contributed by atoms with Gasteiger partial charge in [-0.3, -0.25) is 0 Å². The van der Waals surface area contributed by atoms with Crippen LogP contribution in [0.15, 0.2) is 29.4 Å². The summed E-state index contributed by atoms with van der Waals surface area (Å²) in [6.07, 6.45) is -0.155. The Balaban J connectivity index is 2.52. The van der Waals surface area contributed by atoms with Crippen LogP contribution in [0.25, 0.3) is 10.4 Å². The van der Waals surface area contributed by atoms with Crippen LogP contribution in [0, 0.1) is 0 Å². The fourth-order valence-corrected chi connectivity index (χ4v) is 1.23. The molecule has 5 heteroatoms. The third-order valence-corrected chi connectivity index (χ3v) is 1.99. The highest BCUT2D eigenvalue weighted by molar-refractivity contribution is 5.27. The summed E-state index contributed by atoms with van der Waals surface area (Å²) in [7, 11) is 1.60. The van der Waals surface area contributed by atoms with E-state index in [4.69, 9.17) is 10.3 Å². The maximum atomic E-state index is 9.46. The van der Waals surface area contributed by atoms with E-state index >= 15 is 0 Å². The van der Waals surface area contributed by atoms with Crippen LogP contribution in [0.3, 0.4) is 0 Å². The number of aliphatic hydroxyl groups is 1. The highest BCUT2D eigenvalue weighted by Gasteiger charge is 2.03. The molecule has 80 valence electrons. The smallest absolute Gasteiger partial charge is 0.118 e. The van der Waals surface area contributed by atoms with Crippen molar-refractivity contribution in [3.63, 3.8) is 0 Å². The Hall–Kier alpha value is -1.71. The summed E-state index contributed by atoms with van der Waals surface area (Å²) in [6, 6.07) is 7.40. The molecule has 0 bridgehead atoms. The minimum Gasteiger partial charge on any atom is -0.497 e. The van der Waals surface area contributed by atoms with Crippen LogP contribution in [0.5, 0.6) is 5.75 Å². The molecular weight excluding hydrogens is 194 g/mol.